The zero-order valence-electron chi connectivity index (χ0n) is 7.73. The van der Waals surface area contributed by atoms with Gasteiger partial charge in [-0.15, -0.1) is 0 Å². The first-order valence-corrected chi connectivity index (χ1v) is 7.24. The third kappa shape index (κ3) is 3.01. The molecule has 0 N–H and O–H groups in total. The average molecular weight is 398 g/mol. The Morgan fingerprint density at radius 1 is 1.41 bits per heavy atom. The summed E-state index contributed by atoms with van der Waals surface area (Å²) in [6.07, 6.45) is -3.09. The van der Waals surface area contributed by atoms with E-state index in [1.165, 1.54) is 22.6 Å². The number of nitrogens with zero attached hydrogens (tertiary/aromatic N) is 1. The van der Waals surface area contributed by atoms with Crippen LogP contribution in [0.3, 0.4) is 0 Å². The first-order valence-electron chi connectivity index (χ1n) is 3.86. The number of hydrogen-bond acceptors (Lipinski definition) is 4. The Hall–Kier alpha value is -0.550. The molecule has 94 valence electrons. The topological polar surface area (TPSA) is 77.3 Å². The van der Waals surface area contributed by atoms with Crippen LogP contribution in [0.4, 0.5) is 14.5 Å². The molecule has 0 aromatic heterocycles. The van der Waals surface area contributed by atoms with Gasteiger partial charge in [0.1, 0.15) is 8.47 Å². The molecule has 1 rings (SSSR count). The van der Waals surface area contributed by atoms with Crippen molar-refractivity contribution in [3.05, 3.63) is 31.4 Å². The molecule has 1 aromatic carbocycles. The number of alkyl halides is 2. The normalized spacial score (nSPS) is 11.8. The van der Waals surface area contributed by atoms with Crippen LogP contribution in [0, 0.1) is 13.7 Å². The molecule has 17 heavy (non-hydrogen) atoms. The molecule has 0 unspecified atom stereocenters. The monoisotopic (exact) mass is 397 g/mol. The largest absolute Gasteiger partial charge is 0.284 e. The van der Waals surface area contributed by atoms with Crippen molar-refractivity contribution in [3.63, 3.8) is 0 Å². The van der Waals surface area contributed by atoms with Crippen molar-refractivity contribution in [2.24, 2.45) is 0 Å². The van der Waals surface area contributed by atoms with Crippen LogP contribution in [0.5, 0.6) is 0 Å². The van der Waals surface area contributed by atoms with E-state index in [1.807, 2.05) is 0 Å². The smallest absolute Gasteiger partial charge is 0.258 e. The quantitative estimate of drug-likeness (QED) is 0.340. The van der Waals surface area contributed by atoms with E-state index in [-0.39, 0.29) is 0 Å². The van der Waals surface area contributed by atoms with E-state index in [0.29, 0.717) is 6.07 Å². The highest BCUT2D eigenvalue weighted by Crippen LogP contribution is 2.36. The Bertz CT molecular complexity index is 577. The summed E-state index contributed by atoms with van der Waals surface area (Å²) < 4.78 is 47.0. The predicted molar refractivity (Wildman–Crippen MR) is 63.8 cm³/mol. The molecule has 1 aromatic rings. The first-order chi connectivity index (χ1) is 7.66. The van der Waals surface area contributed by atoms with Crippen LogP contribution in [0.15, 0.2) is 17.0 Å². The van der Waals surface area contributed by atoms with E-state index >= 15 is 0 Å². The van der Waals surface area contributed by atoms with E-state index in [4.69, 9.17) is 10.7 Å². The molecule has 0 aliphatic rings. The van der Waals surface area contributed by atoms with Gasteiger partial charge in [-0.25, -0.2) is 17.2 Å². The fourth-order valence-electron chi connectivity index (χ4n) is 1.12. The molecular formula is C7H3ClF2INO4S. The van der Waals surface area contributed by atoms with Gasteiger partial charge in [0.25, 0.3) is 21.2 Å². The SMILES string of the molecule is O=[N+]([O-])c1ccc(C(F)F)c(S(=O)(=O)Cl)c1I. The summed E-state index contributed by atoms with van der Waals surface area (Å²) in [6, 6.07) is 1.50. The number of nitro benzene ring substituents is 1. The molecule has 0 aliphatic carbocycles. The number of rotatable bonds is 3. The molecule has 0 saturated heterocycles. The fourth-order valence-corrected chi connectivity index (χ4v) is 4.33. The van der Waals surface area contributed by atoms with Gasteiger partial charge in [-0.3, -0.25) is 10.1 Å². The summed E-state index contributed by atoms with van der Waals surface area (Å²) in [6.45, 7) is 0. The van der Waals surface area contributed by atoms with Crippen molar-refractivity contribution in [1.82, 2.24) is 0 Å². The molecule has 5 nitrogen and oxygen atoms in total. The van der Waals surface area contributed by atoms with Crippen LogP contribution in [0.1, 0.15) is 12.0 Å². The molecule has 0 saturated carbocycles. The minimum Gasteiger partial charge on any atom is -0.258 e. The van der Waals surface area contributed by atoms with Gasteiger partial charge in [0.05, 0.1) is 4.92 Å². The van der Waals surface area contributed by atoms with Gasteiger partial charge in [0.15, 0.2) is 0 Å². The van der Waals surface area contributed by atoms with Gasteiger partial charge in [-0.05, 0) is 28.7 Å². The van der Waals surface area contributed by atoms with Crippen LogP contribution in [0.2, 0.25) is 0 Å². The molecular weight excluding hydrogens is 394 g/mol. The van der Waals surface area contributed by atoms with Gasteiger partial charge in [0, 0.05) is 22.3 Å². The van der Waals surface area contributed by atoms with Crippen LogP contribution >= 0.6 is 33.3 Å². The van der Waals surface area contributed by atoms with Gasteiger partial charge >= 0.3 is 0 Å². The molecule has 0 fully saturated rings. The summed E-state index contributed by atoms with van der Waals surface area (Å²) in [5.41, 5.74) is -1.44. The molecule has 0 atom stereocenters. The summed E-state index contributed by atoms with van der Waals surface area (Å²) in [7, 11) is 0.516. The second-order valence-corrected chi connectivity index (χ2v) is 6.39. The van der Waals surface area contributed by atoms with Crippen LogP contribution in [0.25, 0.3) is 0 Å². The van der Waals surface area contributed by atoms with Crippen LogP contribution < -0.4 is 0 Å². The van der Waals surface area contributed by atoms with E-state index in [2.05, 4.69) is 0 Å². The van der Waals surface area contributed by atoms with Crippen LogP contribution in [-0.2, 0) is 9.05 Å². The van der Waals surface area contributed by atoms with Crippen molar-refractivity contribution in [2.75, 3.05) is 0 Å². The lowest BCUT2D eigenvalue weighted by atomic mass is 10.2. The Morgan fingerprint density at radius 3 is 2.29 bits per heavy atom. The first kappa shape index (κ1) is 14.5. The lowest BCUT2D eigenvalue weighted by molar-refractivity contribution is -0.386. The zero-order valence-corrected chi connectivity index (χ0v) is 11.5. The summed E-state index contributed by atoms with van der Waals surface area (Å²) in [4.78, 5) is 8.77. The molecule has 0 spiro atoms. The lowest BCUT2D eigenvalue weighted by Gasteiger charge is -2.08. The maximum absolute atomic E-state index is 12.6. The molecule has 0 heterocycles. The Kier molecular flexibility index (Phi) is 4.25. The fraction of sp³-hybridized carbons (Fsp3) is 0.143. The van der Waals surface area contributed by atoms with Gasteiger partial charge in [0.2, 0.25) is 0 Å². The maximum Gasteiger partial charge on any atom is 0.284 e. The average Bonchev–Trinajstić information content (AvgIpc) is 2.14. The Balaban J connectivity index is 3.72. The van der Waals surface area contributed by atoms with Gasteiger partial charge < -0.3 is 0 Å². The molecule has 0 radical (unpaired) electrons. The van der Waals surface area contributed by atoms with Crippen molar-refractivity contribution >= 4 is 48.0 Å². The van der Waals surface area contributed by atoms with E-state index in [1.54, 1.807) is 0 Å². The highest BCUT2D eigenvalue weighted by molar-refractivity contribution is 14.1. The van der Waals surface area contributed by atoms with Crippen molar-refractivity contribution in [2.45, 2.75) is 11.3 Å². The van der Waals surface area contributed by atoms with Crippen molar-refractivity contribution < 1.29 is 22.1 Å². The standard InChI is InChI=1S/C7H3ClF2INO4S/c8-17(15,16)6-3(7(9)10)1-2-4(5(6)11)12(13)14/h1-2,7H. The number of hydrogen-bond donors (Lipinski definition) is 0. The van der Waals surface area contributed by atoms with Crippen LogP contribution in [-0.4, -0.2) is 13.3 Å². The third-order valence-corrected chi connectivity index (χ3v) is 4.63. The third-order valence-electron chi connectivity index (χ3n) is 1.78. The number of halogens is 4. The van der Waals surface area contributed by atoms with E-state index in [9.17, 15) is 27.3 Å². The van der Waals surface area contributed by atoms with E-state index in [0.717, 1.165) is 6.07 Å². The molecule has 10 heteroatoms. The minimum atomic E-state index is -4.48. The number of benzene rings is 1. The highest BCUT2D eigenvalue weighted by atomic mass is 127. The minimum absolute atomic E-state index is 0.430. The molecule has 0 bridgehead atoms. The zero-order chi connectivity index (χ0) is 13.4. The van der Waals surface area contributed by atoms with Gasteiger partial charge in [-0.1, -0.05) is 0 Å². The summed E-state index contributed by atoms with van der Waals surface area (Å²) in [5.74, 6) is 0. The second-order valence-electron chi connectivity index (χ2n) is 2.81. The van der Waals surface area contributed by atoms with Crippen molar-refractivity contribution in [3.8, 4) is 0 Å². The predicted octanol–water partition coefficient (Wildman–Crippen LogP) is 3.06. The Morgan fingerprint density at radius 2 is 1.94 bits per heavy atom. The highest BCUT2D eigenvalue weighted by Gasteiger charge is 2.30. The molecule has 0 aliphatic heterocycles. The Labute approximate surface area is 112 Å². The number of nitro groups is 1. The second kappa shape index (κ2) is 4.98. The molecule has 0 amide bonds. The van der Waals surface area contributed by atoms with Crippen molar-refractivity contribution in [1.29, 1.82) is 0 Å². The maximum atomic E-state index is 12.6. The summed E-state index contributed by atoms with van der Waals surface area (Å²) >= 11 is 1.30. The lowest BCUT2D eigenvalue weighted by Crippen LogP contribution is -2.05. The summed E-state index contributed by atoms with van der Waals surface area (Å²) in [5, 5.41) is 10.6. The van der Waals surface area contributed by atoms with E-state index < -0.39 is 40.1 Å². The van der Waals surface area contributed by atoms with Gasteiger partial charge in [-0.2, -0.15) is 0 Å².